The number of piperidine rings is 1. The third-order valence-electron chi connectivity index (χ3n) is 4.83. The Morgan fingerprint density at radius 3 is 3.16 bits per heavy atom. The number of rotatable bonds is 3. The fourth-order valence-corrected chi connectivity index (χ4v) is 3.71. The minimum Gasteiger partial charge on any atom is -0.312 e. The van der Waals surface area contributed by atoms with E-state index in [1.165, 1.54) is 50.8 Å². The van der Waals surface area contributed by atoms with Gasteiger partial charge in [0, 0.05) is 19.1 Å². The Kier molecular flexibility index (Phi) is 4.19. The van der Waals surface area contributed by atoms with Gasteiger partial charge < -0.3 is 5.32 Å². The molecule has 0 aromatic heterocycles. The number of benzene rings is 1. The highest BCUT2D eigenvalue weighted by Crippen LogP contribution is 2.25. The second kappa shape index (κ2) is 6.06. The lowest BCUT2D eigenvalue weighted by Gasteiger charge is -2.36. The zero-order chi connectivity index (χ0) is 13.1. The summed E-state index contributed by atoms with van der Waals surface area (Å²) in [4.78, 5) is 2.72. The molecule has 19 heavy (non-hydrogen) atoms. The summed E-state index contributed by atoms with van der Waals surface area (Å²) in [6.07, 6.45) is 6.71. The van der Waals surface area contributed by atoms with Crippen molar-refractivity contribution in [3.63, 3.8) is 0 Å². The standard InChI is InChI=1S/C17H26N2/c1-2-16-8-3-4-11-19(16)13-15-7-5-6-14-12-18-10-9-17(14)15/h5-7,16,18H,2-4,8-13H2,1H3. The van der Waals surface area contributed by atoms with Gasteiger partial charge in [-0.3, -0.25) is 4.90 Å². The van der Waals surface area contributed by atoms with Crippen molar-refractivity contribution in [1.82, 2.24) is 10.2 Å². The van der Waals surface area contributed by atoms with Gasteiger partial charge in [0.1, 0.15) is 0 Å². The summed E-state index contributed by atoms with van der Waals surface area (Å²) in [7, 11) is 0. The fraction of sp³-hybridized carbons (Fsp3) is 0.647. The normalized spacial score (nSPS) is 24.2. The van der Waals surface area contributed by atoms with Crippen molar-refractivity contribution < 1.29 is 0 Å². The highest BCUT2D eigenvalue weighted by Gasteiger charge is 2.22. The maximum Gasteiger partial charge on any atom is 0.0239 e. The summed E-state index contributed by atoms with van der Waals surface area (Å²) in [5, 5.41) is 3.48. The SMILES string of the molecule is CCC1CCCCN1Cc1cccc2c1CCNC2. The van der Waals surface area contributed by atoms with Crippen LogP contribution in [0.25, 0.3) is 0 Å². The molecule has 0 bridgehead atoms. The number of fused-ring (bicyclic) bond motifs is 1. The monoisotopic (exact) mass is 258 g/mol. The smallest absolute Gasteiger partial charge is 0.0239 e. The molecular weight excluding hydrogens is 232 g/mol. The Labute approximate surface area is 117 Å². The Bertz CT molecular complexity index is 427. The van der Waals surface area contributed by atoms with Crippen LogP contribution < -0.4 is 5.32 Å². The molecule has 1 atom stereocenters. The van der Waals surface area contributed by atoms with E-state index in [0.717, 1.165) is 19.1 Å². The van der Waals surface area contributed by atoms with Crippen LogP contribution in [0, 0.1) is 0 Å². The van der Waals surface area contributed by atoms with E-state index in [2.05, 4.69) is 35.3 Å². The first-order valence-electron chi connectivity index (χ1n) is 7.93. The Hall–Kier alpha value is -0.860. The van der Waals surface area contributed by atoms with Gasteiger partial charge in [-0.2, -0.15) is 0 Å². The van der Waals surface area contributed by atoms with E-state index in [1.807, 2.05) is 0 Å². The van der Waals surface area contributed by atoms with Crippen LogP contribution in [0.15, 0.2) is 18.2 Å². The lowest BCUT2D eigenvalue weighted by atomic mass is 9.93. The molecule has 1 unspecified atom stereocenters. The summed E-state index contributed by atoms with van der Waals surface area (Å²) in [6, 6.07) is 7.70. The van der Waals surface area contributed by atoms with E-state index in [9.17, 15) is 0 Å². The molecule has 0 saturated carbocycles. The van der Waals surface area contributed by atoms with Crippen molar-refractivity contribution >= 4 is 0 Å². The van der Waals surface area contributed by atoms with Crippen LogP contribution in [-0.2, 0) is 19.5 Å². The third-order valence-corrected chi connectivity index (χ3v) is 4.83. The molecule has 1 aromatic carbocycles. The second-order valence-corrected chi connectivity index (χ2v) is 6.01. The maximum absolute atomic E-state index is 3.48. The van der Waals surface area contributed by atoms with Crippen molar-refractivity contribution in [2.75, 3.05) is 13.1 Å². The average molecular weight is 258 g/mol. The zero-order valence-corrected chi connectivity index (χ0v) is 12.1. The molecule has 0 aliphatic carbocycles. The van der Waals surface area contributed by atoms with Crippen LogP contribution in [0.2, 0.25) is 0 Å². The summed E-state index contributed by atoms with van der Waals surface area (Å²) >= 11 is 0. The summed E-state index contributed by atoms with van der Waals surface area (Å²) in [5.41, 5.74) is 4.73. The van der Waals surface area contributed by atoms with Gasteiger partial charge in [0.25, 0.3) is 0 Å². The van der Waals surface area contributed by atoms with Gasteiger partial charge in [0.05, 0.1) is 0 Å². The first-order chi connectivity index (χ1) is 9.38. The van der Waals surface area contributed by atoms with E-state index in [4.69, 9.17) is 0 Å². The molecule has 104 valence electrons. The quantitative estimate of drug-likeness (QED) is 0.896. The summed E-state index contributed by atoms with van der Waals surface area (Å²) in [6.45, 7) is 7.00. The first kappa shape index (κ1) is 13.1. The molecule has 0 amide bonds. The van der Waals surface area contributed by atoms with Crippen LogP contribution >= 0.6 is 0 Å². The maximum atomic E-state index is 3.48. The Morgan fingerprint density at radius 2 is 2.26 bits per heavy atom. The largest absolute Gasteiger partial charge is 0.312 e. The lowest BCUT2D eigenvalue weighted by Crippen LogP contribution is -2.39. The zero-order valence-electron chi connectivity index (χ0n) is 12.1. The number of hydrogen-bond donors (Lipinski definition) is 1. The van der Waals surface area contributed by atoms with Gasteiger partial charge in [-0.05, 0) is 55.5 Å². The minimum absolute atomic E-state index is 0.811. The molecule has 1 aromatic rings. The molecule has 1 fully saturated rings. The second-order valence-electron chi connectivity index (χ2n) is 6.01. The fourth-order valence-electron chi connectivity index (χ4n) is 3.71. The van der Waals surface area contributed by atoms with E-state index in [-0.39, 0.29) is 0 Å². The summed E-state index contributed by atoms with van der Waals surface area (Å²) in [5.74, 6) is 0. The molecule has 3 rings (SSSR count). The molecule has 2 aliphatic heterocycles. The predicted octanol–water partition coefficient (Wildman–Crippen LogP) is 3.10. The molecule has 2 nitrogen and oxygen atoms in total. The van der Waals surface area contributed by atoms with Crippen molar-refractivity contribution in [1.29, 1.82) is 0 Å². The first-order valence-corrected chi connectivity index (χ1v) is 7.93. The van der Waals surface area contributed by atoms with Gasteiger partial charge in [-0.25, -0.2) is 0 Å². The highest BCUT2D eigenvalue weighted by molar-refractivity contribution is 5.37. The molecular formula is C17H26N2. The molecule has 0 radical (unpaired) electrons. The molecule has 2 heterocycles. The number of nitrogens with one attached hydrogen (secondary N) is 1. The number of likely N-dealkylation sites (tertiary alicyclic amines) is 1. The van der Waals surface area contributed by atoms with Gasteiger partial charge in [0.15, 0.2) is 0 Å². The lowest BCUT2D eigenvalue weighted by molar-refractivity contribution is 0.135. The van der Waals surface area contributed by atoms with Crippen LogP contribution in [0.3, 0.4) is 0 Å². The van der Waals surface area contributed by atoms with Gasteiger partial charge in [-0.1, -0.05) is 31.5 Å². The van der Waals surface area contributed by atoms with Crippen LogP contribution in [0.5, 0.6) is 0 Å². The van der Waals surface area contributed by atoms with Crippen molar-refractivity contribution in [3.8, 4) is 0 Å². The van der Waals surface area contributed by atoms with Crippen LogP contribution in [0.1, 0.15) is 49.3 Å². The molecule has 1 N–H and O–H groups in total. The van der Waals surface area contributed by atoms with Gasteiger partial charge in [0.2, 0.25) is 0 Å². The predicted molar refractivity (Wildman–Crippen MR) is 80.2 cm³/mol. The third kappa shape index (κ3) is 2.85. The Balaban J connectivity index is 1.78. The Morgan fingerprint density at radius 1 is 1.32 bits per heavy atom. The van der Waals surface area contributed by atoms with Crippen LogP contribution in [0.4, 0.5) is 0 Å². The number of hydrogen-bond acceptors (Lipinski definition) is 2. The van der Waals surface area contributed by atoms with Crippen molar-refractivity contribution in [2.24, 2.45) is 0 Å². The average Bonchev–Trinajstić information content (AvgIpc) is 2.48. The highest BCUT2D eigenvalue weighted by atomic mass is 15.2. The minimum atomic E-state index is 0.811. The van der Waals surface area contributed by atoms with E-state index in [0.29, 0.717) is 0 Å². The van der Waals surface area contributed by atoms with E-state index in [1.54, 1.807) is 11.1 Å². The van der Waals surface area contributed by atoms with Crippen LogP contribution in [-0.4, -0.2) is 24.0 Å². The molecule has 2 heteroatoms. The summed E-state index contributed by atoms with van der Waals surface area (Å²) < 4.78 is 0. The molecule has 0 spiro atoms. The molecule has 1 saturated heterocycles. The number of nitrogens with zero attached hydrogens (tertiary/aromatic N) is 1. The molecule has 2 aliphatic rings. The van der Waals surface area contributed by atoms with E-state index < -0.39 is 0 Å². The van der Waals surface area contributed by atoms with Crippen molar-refractivity contribution in [2.45, 2.75) is 58.2 Å². The topological polar surface area (TPSA) is 15.3 Å². The van der Waals surface area contributed by atoms with Crippen molar-refractivity contribution in [3.05, 3.63) is 34.9 Å². The van der Waals surface area contributed by atoms with E-state index >= 15 is 0 Å². The van der Waals surface area contributed by atoms with Gasteiger partial charge in [-0.15, -0.1) is 0 Å². The van der Waals surface area contributed by atoms with Gasteiger partial charge >= 0.3 is 0 Å².